The molecule has 0 saturated carbocycles. The van der Waals surface area contributed by atoms with Crippen LogP contribution in [-0.4, -0.2) is 40.8 Å². The summed E-state index contributed by atoms with van der Waals surface area (Å²) in [6.07, 6.45) is 0. The molecule has 0 radical (unpaired) electrons. The van der Waals surface area contributed by atoms with Crippen molar-refractivity contribution in [1.29, 1.82) is 10.7 Å². The summed E-state index contributed by atoms with van der Waals surface area (Å²) in [6.45, 7) is 5.83. The summed E-state index contributed by atoms with van der Waals surface area (Å²) in [7, 11) is 0. The Hall–Kier alpha value is -2.63. The molecule has 0 rings (SSSR count). The van der Waals surface area contributed by atoms with Gasteiger partial charge >= 0.3 is 5.97 Å². The molecular weight excluding hydrogens is 268 g/mol. The van der Waals surface area contributed by atoms with Crippen molar-refractivity contribution in [1.82, 2.24) is 0 Å². The minimum atomic E-state index is -1.33. The number of nitriles is 1. The van der Waals surface area contributed by atoms with Crippen molar-refractivity contribution < 1.29 is 24.3 Å². The number of esters is 1. The van der Waals surface area contributed by atoms with Crippen molar-refractivity contribution in [3.8, 4) is 6.07 Å². The molecule has 9 nitrogen and oxygen atoms in total. The van der Waals surface area contributed by atoms with Gasteiger partial charge in [-0.25, -0.2) is 4.79 Å². The molecule has 4 N–H and O–H groups in total. The van der Waals surface area contributed by atoms with E-state index in [4.69, 9.17) is 35.9 Å². The van der Waals surface area contributed by atoms with E-state index in [0.717, 1.165) is 6.92 Å². The van der Waals surface area contributed by atoms with E-state index in [9.17, 15) is 4.79 Å². The third-order valence-corrected chi connectivity index (χ3v) is 1.49. The van der Waals surface area contributed by atoms with E-state index in [1.54, 1.807) is 13.0 Å². The number of carbonyl (C=O) groups is 2. The summed E-state index contributed by atoms with van der Waals surface area (Å²) < 4.78 is 4.73. The van der Waals surface area contributed by atoms with E-state index in [1.165, 1.54) is 13.8 Å². The quantitative estimate of drug-likeness (QED) is 0.282. The van der Waals surface area contributed by atoms with Crippen molar-refractivity contribution in [2.45, 2.75) is 33.3 Å². The molecule has 0 aliphatic carbocycles. The van der Waals surface area contributed by atoms with Crippen LogP contribution >= 0.6 is 0 Å². The molecule has 0 amide bonds. The average Bonchev–Trinajstić information content (AvgIpc) is 2.28. The maximum absolute atomic E-state index is 11.4. The Kier molecular flexibility index (Phi) is 9.18. The van der Waals surface area contributed by atoms with Crippen molar-refractivity contribution in [2.24, 2.45) is 10.9 Å². The smallest absolute Gasteiger partial charge is 0.352 e. The maximum atomic E-state index is 11.4. The number of nitrogens with one attached hydrogen (secondary N) is 1. The zero-order valence-corrected chi connectivity index (χ0v) is 11.8. The molecule has 0 bridgehead atoms. The van der Waals surface area contributed by atoms with Gasteiger partial charge in [-0.15, -0.1) is 0 Å². The van der Waals surface area contributed by atoms with E-state index >= 15 is 0 Å². The first-order valence-electron chi connectivity index (χ1n) is 5.45. The highest BCUT2D eigenvalue weighted by Gasteiger charge is 2.32. The third-order valence-electron chi connectivity index (χ3n) is 1.49. The molecule has 0 aromatic rings. The van der Waals surface area contributed by atoms with Gasteiger partial charge < -0.3 is 20.4 Å². The standard InChI is InChI=1S/C9H14N4O3.C2H4O2/c1-4-15-8(14)9(2,3)16-13-6(5-10)7(11)12;1-2(3)4/h4H2,1-3H3,(H3,11,12);1H3,(H,3,4). The maximum Gasteiger partial charge on any atom is 0.352 e. The van der Waals surface area contributed by atoms with Gasteiger partial charge in [0.05, 0.1) is 6.61 Å². The topological polar surface area (TPSA) is 159 Å². The molecule has 0 atom stereocenters. The number of carboxylic acid groups (broad SMARTS) is 1. The van der Waals surface area contributed by atoms with E-state index in [2.05, 4.69) is 5.16 Å². The highest BCUT2D eigenvalue weighted by molar-refractivity contribution is 6.45. The Labute approximate surface area is 116 Å². The molecule has 9 heteroatoms. The zero-order chi connectivity index (χ0) is 16.3. The molecule has 0 aromatic carbocycles. The fourth-order valence-corrected chi connectivity index (χ4v) is 0.632. The molecular formula is C11H18N4O5. The first-order chi connectivity index (χ1) is 9.08. The number of hydrogen-bond acceptors (Lipinski definition) is 7. The molecule has 0 fully saturated rings. The predicted octanol–water partition coefficient (Wildman–Crippen LogP) is 0.251. The van der Waals surface area contributed by atoms with E-state index in [1.807, 2.05) is 0 Å². The second-order valence-corrected chi connectivity index (χ2v) is 3.81. The lowest BCUT2D eigenvalue weighted by Gasteiger charge is -2.19. The van der Waals surface area contributed by atoms with Crippen molar-refractivity contribution >= 4 is 23.5 Å². The normalized spacial score (nSPS) is 10.4. The molecule has 0 spiro atoms. The minimum absolute atomic E-state index is 0.215. The van der Waals surface area contributed by atoms with Crippen molar-refractivity contribution in [2.75, 3.05) is 6.61 Å². The number of nitrogens with two attached hydrogens (primary N) is 1. The summed E-state index contributed by atoms with van der Waals surface area (Å²) >= 11 is 0. The van der Waals surface area contributed by atoms with Gasteiger partial charge in [0.25, 0.3) is 5.97 Å². The fraction of sp³-hybridized carbons (Fsp3) is 0.545. The number of oxime groups is 1. The SMILES string of the molecule is CC(=O)O.CCOC(=O)C(C)(C)ON=C(C#N)C(=N)N. The van der Waals surface area contributed by atoms with Crippen LogP contribution in [0.3, 0.4) is 0 Å². The zero-order valence-electron chi connectivity index (χ0n) is 11.8. The van der Waals surface area contributed by atoms with Crippen LogP contribution in [0.15, 0.2) is 5.16 Å². The van der Waals surface area contributed by atoms with Crippen molar-refractivity contribution in [3.63, 3.8) is 0 Å². The Balaban J connectivity index is 0. The van der Waals surface area contributed by atoms with Gasteiger partial charge in [-0.05, 0) is 20.8 Å². The van der Waals surface area contributed by atoms with Gasteiger partial charge in [0.2, 0.25) is 11.3 Å². The largest absolute Gasteiger partial charge is 0.481 e. The Bertz CT molecular complexity index is 433. The summed E-state index contributed by atoms with van der Waals surface area (Å²) in [6, 6.07) is 1.57. The average molecular weight is 286 g/mol. The first kappa shape index (κ1) is 19.7. The van der Waals surface area contributed by atoms with Crippen LogP contribution < -0.4 is 5.73 Å². The second-order valence-electron chi connectivity index (χ2n) is 3.81. The summed E-state index contributed by atoms with van der Waals surface area (Å²) in [5.74, 6) is -1.97. The molecule has 0 heterocycles. The Morgan fingerprint density at radius 1 is 1.50 bits per heavy atom. The van der Waals surface area contributed by atoms with Gasteiger partial charge in [0.15, 0.2) is 5.84 Å². The van der Waals surface area contributed by atoms with Crippen LogP contribution in [0.4, 0.5) is 0 Å². The monoisotopic (exact) mass is 286 g/mol. The van der Waals surface area contributed by atoms with Gasteiger partial charge in [-0.1, -0.05) is 5.16 Å². The number of amidine groups is 1. The highest BCUT2D eigenvalue weighted by atomic mass is 16.7. The number of rotatable bonds is 5. The number of carbonyl (C=O) groups excluding carboxylic acids is 1. The van der Waals surface area contributed by atoms with Crippen LogP contribution in [0.25, 0.3) is 0 Å². The van der Waals surface area contributed by atoms with E-state index < -0.39 is 29.1 Å². The molecule has 112 valence electrons. The van der Waals surface area contributed by atoms with Gasteiger partial charge in [-0.2, -0.15) is 5.26 Å². The van der Waals surface area contributed by atoms with Crippen LogP contribution in [0, 0.1) is 16.7 Å². The molecule has 0 aliphatic heterocycles. The van der Waals surface area contributed by atoms with Crippen LogP contribution in [-0.2, 0) is 19.2 Å². The molecule has 0 aliphatic rings. The molecule has 0 saturated heterocycles. The minimum Gasteiger partial charge on any atom is -0.481 e. The lowest BCUT2D eigenvalue weighted by atomic mass is 10.1. The number of hydrogen-bond donors (Lipinski definition) is 3. The van der Waals surface area contributed by atoms with Crippen LogP contribution in [0.2, 0.25) is 0 Å². The summed E-state index contributed by atoms with van der Waals surface area (Å²) in [5, 5.41) is 26.3. The highest BCUT2D eigenvalue weighted by Crippen LogP contribution is 2.12. The predicted molar refractivity (Wildman–Crippen MR) is 70.1 cm³/mol. The number of aliphatic carboxylic acids is 1. The number of nitrogens with zero attached hydrogens (tertiary/aromatic N) is 2. The van der Waals surface area contributed by atoms with E-state index in [-0.39, 0.29) is 6.61 Å². The molecule has 0 aromatic heterocycles. The van der Waals surface area contributed by atoms with Gasteiger partial charge in [0.1, 0.15) is 6.07 Å². The molecule has 20 heavy (non-hydrogen) atoms. The molecule has 0 unspecified atom stereocenters. The second kappa shape index (κ2) is 9.32. The summed E-state index contributed by atoms with van der Waals surface area (Å²) in [4.78, 5) is 25.2. The fourth-order valence-electron chi connectivity index (χ4n) is 0.632. The first-order valence-corrected chi connectivity index (χ1v) is 5.45. The van der Waals surface area contributed by atoms with Crippen molar-refractivity contribution in [3.05, 3.63) is 0 Å². The lowest BCUT2D eigenvalue weighted by molar-refractivity contribution is -0.167. The van der Waals surface area contributed by atoms with Crippen LogP contribution in [0.1, 0.15) is 27.7 Å². The lowest BCUT2D eigenvalue weighted by Crippen LogP contribution is -2.36. The van der Waals surface area contributed by atoms with Gasteiger partial charge in [-0.3, -0.25) is 10.2 Å². The van der Waals surface area contributed by atoms with E-state index in [0.29, 0.717) is 0 Å². The Morgan fingerprint density at radius 3 is 2.25 bits per heavy atom. The summed E-state index contributed by atoms with van der Waals surface area (Å²) in [5.41, 5.74) is 3.33. The van der Waals surface area contributed by atoms with Crippen LogP contribution in [0.5, 0.6) is 0 Å². The van der Waals surface area contributed by atoms with Gasteiger partial charge in [0, 0.05) is 6.92 Å². The third kappa shape index (κ3) is 9.41. The number of ether oxygens (including phenoxy) is 1. The number of carboxylic acids is 1. The Morgan fingerprint density at radius 2 is 1.95 bits per heavy atom.